The lowest BCUT2D eigenvalue weighted by atomic mass is 10.0. The molecule has 0 radical (unpaired) electrons. The van der Waals surface area contributed by atoms with E-state index < -0.39 is 6.10 Å². The number of pyridine rings is 1. The lowest BCUT2D eigenvalue weighted by Gasteiger charge is -2.11. The fourth-order valence-corrected chi connectivity index (χ4v) is 3.05. The Bertz CT molecular complexity index is 703. The quantitative estimate of drug-likeness (QED) is 0.794. The Hall–Kier alpha value is -1.78. The number of fused-ring (bicyclic) bond motifs is 1. The second-order valence-electron chi connectivity index (χ2n) is 4.51. The van der Waals surface area contributed by atoms with E-state index in [1.165, 1.54) is 11.3 Å². The molecule has 0 amide bonds. The molecule has 1 unspecified atom stereocenters. The molecule has 19 heavy (non-hydrogen) atoms. The summed E-state index contributed by atoms with van der Waals surface area (Å²) in [5, 5.41) is 11.5. The van der Waals surface area contributed by atoms with Crippen molar-refractivity contribution in [3.63, 3.8) is 0 Å². The largest absolute Gasteiger partial charge is 0.387 e. The number of rotatable bonds is 3. The number of hydrogen-bond acceptors (Lipinski definition) is 4. The molecule has 1 atom stereocenters. The smallest absolute Gasteiger partial charge is 0.0941 e. The molecule has 1 aromatic carbocycles. The molecular weight excluding hydrogens is 256 g/mol. The molecule has 0 fully saturated rings. The molecule has 3 aromatic rings. The summed E-state index contributed by atoms with van der Waals surface area (Å²) in [7, 11) is 0. The highest BCUT2D eigenvalue weighted by Crippen LogP contribution is 2.27. The Morgan fingerprint density at radius 2 is 2.05 bits per heavy atom. The van der Waals surface area contributed by atoms with Gasteiger partial charge in [-0.1, -0.05) is 18.2 Å². The second-order valence-corrected chi connectivity index (χ2v) is 5.40. The van der Waals surface area contributed by atoms with E-state index in [4.69, 9.17) is 0 Å². The minimum absolute atomic E-state index is 0.502. The molecule has 1 N–H and O–H groups in total. The first-order valence-corrected chi connectivity index (χ1v) is 7.04. The Kier molecular flexibility index (Phi) is 3.27. The molecular formula is C15H14N2OS. The summed E-state index contributed by atoms with van der Waals surface area (Å²) in [6.07, 6.45) is 1.88. The van der Waals surface area contributed by atoms with Gasteiger partial charge in [-0.15, -0.1) is 11.3 Å². The number of nitrogens with zero attached hydrogens (tertiary/aromatic N) is 2. The van der Waals surface area contributed by atoms with Crippen LogP contribution in [0, 0.1) is 6.92 Å². The van der Waals surface area contributed by atoms with Crippen molar-refractivity contribution in [2.24, 2.45) is 0 Å². The zero-order valence-electron chi connectivity index (χ0n) is 10.6. The van der Waals surface area contributed by atoms with Crippen molar-refractivity contribution in [3.8, 4) is 0 Å². The van der Waals surface area contributed by atoms with E-state index in [-0.39, 0.29) is 0 Å². The summed E-state index contributed by atoms with van der Waals surface area (Å²) in [6.45, 7) is 1.93. The van der Waals surface area contributed by atoms with E-state index in [1.807, 2.05) is 37.3 Å². The molecule has 2 aromatic heterocycles. The monoisotopic (exact) mass is 270 g/mol. The van der Waals surface area contributed by atoms with E-state index in [0.717, 1.165) is 27.0 Å². The first-order chi connectivity index (χ1) is 9.25. The predicted molar refractivity (Wildman–Crippen MR) is 77.3 cm³/mol. The zero-order chi connectivity index (χ0) is 13.2. The lowest BCUT2D eigenvalue weighted by Crippen LogP contribution is -2.02. The Morgan fingerprint density at radius 1 is 1.21 bits per heavy atom. The van der Waals surface area contributed by atoms with Gasteiger partial charge in [0.1, 0.15) is 0 Å². The predicted octanol–water partition coefficient (Wildman–Crippen LogP) is 3.28. The van der Waals surface area contributed by atoms with Gasteiger partial charge in [-0.05, 0) is 24.6 Å². The van der Waals surface area contributed by atoms with Crippen LogP contribution in [0.25, 0.3) is 10.9 Å². The van der Waals surface area contributed by atoms with Crippen LogP contribution in [0.5, 0.6) is 0 Å². The molecule has 3 rings (SSSR count). The van der Waals surface area contributed by atoms with Gasteiger partial charge in [-0.3, -0.25) is 4.98 Å². The average molecular weight is 270 g/mol. The van der Waals surface area contributed by atoms with Crippen LogP contribution < -0.4 is 0 Å². The first kappa shape index (κ1) is 12.3. The third kappa shape index (κ3) is 2.37. The summed E-state index contributed by atoms with van der Waals surface area (Å²) in [5.41, 5.74) is 4.77. The number of hydrogen-bond donors (Lipinski definition) is 1. The molecule has 0 aliphatic heterocycles. The van der Waals surface area contributed by atoms with Crippen molar-refractivity contribution in [1.29, 1.82) is 0 Å². The van der Waals surface area contributed by atoms with Crippen LogP contribution in [0.1, 0.15) is 22.2 Å². The van der Waals surface area contributed by atoms with E-state index in [9.17, 15) is 5.11 Å². The summed E-state index contributed by atoms with van der Waals surface area (Å²) < 4.78 is 0. The number of aryl methyl sites for hydroxylation is 1. The third-order valence-electron chi connectivity index (χ3n) is 3.24. The summed E-state index contributed by atoms with van der Waals surface area (Å²) >= 11 is 1.51. The SMILES string of the molecule is Cc1ncsc1C(O)Cc1ccnc2ccccc12. The summed E-state index contributed by atoms with van der Waals surface area (Å²) in [6, 6.07) is 9.98. The van der Waals surface area contributed by atoms with Gasteiger partial charge < -0.3 is 5.11 Å². The van der Waals surface area contributed by atoms with E-state index >= 15 is 0 Å². The minimum atomic E-state index is -0.502. The van der Waals surface area contributed by atoms with Crippen molar-refractivity contribution >= 4 is 22.2 Å². The highest BCUT2D eigenvalue weighted by molar-refractivity contribution is 7.09. The maximum absolute atomic E-state index is 10.4. The molecule has 3 nitrogen and oxygen atoms in total. The van der Waals surface area contributed by atoms with Crippen LogP contribution in [-0.4, -0.2) is 15.1 Å². The van der Waals surface area contributed by atoms with Crippen LogP contribution in [0.4, 0.5) is 0 Å². The second kappa shape index (κ2) is 5.07. The number of aliphatic hydroxyl groups is 1. The van der Waals surface area contributed by atoms with Gasteiger partial charge in [-0.25, -0.2) is 4.98 Å². The standard InChI is InChI=1S/C15H14N2OS/c1-10-15(19-9-17-10)14(18)8-11-6-7-16-13-5-3-2-4-12(11)13/h2-7,9,14,18H,8H2,1H3. The van der Waals surface area contributed by atoms with Crippen molar-refractivity contribution in [1.82, 2.24) is 9.97 Å². The van der Waals surface area contributed by atoms with Gasteiger partial charge in [0.25, 0.3) is 0 Å². The Morgan fingerprint density at radius 3 is 2.84 bits per heavy atom. The Labute approximate surface area is 115 Å². The van der Waals surface area contributed by atoms with Crippen LogP contribution in [0.3, 0.4) is 0 Å². The van der Waals surface area contributed by atoms with Gasteiger partial charge in [0.05, 0.1) is 27.7 Å². The van der Waals surface area contributed by atoms with Crippen LogP contribution in [0.15, 0.2) is 42.0 Å². The van der Waals surface area contributed by atoms with Gasteiger partial charge in [-0.2, -0.15) is 0 Å². The topological polar surface area (TPSA) is 46.0 Å². The Balaban J connectivity index is 1.96. The first-order valence-electron chi connectivity index (χ1n) is 6.16. The maximum atomic E-state index is 10.4. The number of aliphatic hydroxyl groups excluding tert-OH is 1. The molecule has 0 spiro atoms. The highest BCUT2D eigenvalue weighted by Gasteiger charge is 2.15. The normalized spacial score (nSPS) is 12.7. The summed E-state index contributed by atoms with van der Waals surface area (Å²) in [5.74, 6) is 0. The molecule has 0 aliphatic rings. The van der Waals surface area contributed by atoms with Crippen molar-refractivity contribution in [2.45, 2.75) is 19.4 Å². The molecule has 96 valence electrons. The van der Waals surface area contributed by atoms with Crippen molar-refractivity contribution < 1.29 is 5.11 Å². The van der Waals surface area contributed by atoms with Crippen LogP contribution in [-0.2, 0) is 6.42 Å². The molecule has 0 saturated carbocycles. The van der Waals surface area contributed by atoms with E-state index in [2.05, 4.69) is 9.97 Å². The van der Waals surface area contributed by atoms with Crippen molar-refractivity contribution in [3.05, 3.63) is 58.2 Å². The zero-order valence-corrected chi connectivity index (χ0v) is 11.4. The van der Waals surface area contributed by atoms with E-state index in [1.54, 1.807) is 11.7 Å². The molecule has 0 saturated heterocycles. The number of aromatic nitrogens is 2. The number of para-hydroxylation sites is 1. The maximum Gasteiger partial charge on any atom is 0.0941 e. The number of benzene rings is 1. The molecule has 0 aliphatic carbocycles. The summed E-state index contributed by atoms with van der Waals surface area (Å²) in [4.78, 5) is 9.47. The number of thiazole rings is 1. The fourth-order valence-electron chi connectivity index (χ4n) is 2.26. The minimum Gasteiger partial charge on any atom is -0.387 e. The van der Waals surface area contributed by atoms with Gasteiger partial charge in [0.2, 0.25) is 0 Å². The molecule has 0 bridgehead atoms. The molecule has 2 heterocycles. The van der Waals surface area contributed by atoms with Crippen LogP contribution >= 0.6 is 11.3 Å². The average Bonchev–Trinajstić information content (AvgIpc) is 2.85. The fraction of sp³-hybridized carbons (Fsp3) is 0.200. The lowest BCUT2D eigenvalue weighted by molar-refractivity contribution is 0.181. The van der Waals surface area contributed by atoms with Gasteiger partial charge >= 0.3 is 0 Å². The molecule has 4 heteroatoms. The van der Waals surface area contributed by atoms with Crippen molar-refractivity contribution in [2.75, 3.05) is 0 Å². The third-order valence-corrected chi connectivity index (χ3v) is 4.27. The van der Waals surface area contributed by atoms with Crippen LogP contribution in [0.2, 0.25) is 0 Å². The van der Waals surface area contributed by atoms with E-state index in [0.29, 0.717) is 6.42 Å². The van der Waals surface area contributed by atoms with Gasteiger partial charge in [0, 0.05) is 18.0 Å². The highest BCUT2D eigenvalue weighted by atomic mass is 32.1. The van der Waals surface area contributed by atoms with Gasteiger partial charge in [0.15, 0.2) is 0 Å².